The highest BCUT2D eigenvalue weighted by molar-refractivity contribution is 5.62. The van der Waals surface area contributed by atoms with Crippen LogP contribution < -0.4 is 5.32 Å². The lowest BCUT2D eigenvalue weighted by Gasteiger charge is -2.20. The van der Waals surface area contributed by atoms with E-state index in [1.807, 2.05) is 19.1 Å². The minimum atomic E-state index is -0.364. The van der Waals surface area contributed by atoms with Gasteiger partial charge in [-0.3, -0.25) is 10.1 Å². The highest BCUT2D eigenvalue weighted by Crippen LogP contribution is 2.25. The molecule has 0 saturated carbocycles. The Hall–Kier alpha value is -2.04. The van der Waals surface area contributed by atoms with E-state index in [2.05, 4.69) is 5.32 Å². The highest BCUT2D eigenvalue weighted by atomic mass is 16.6. The van der Waals surface area contributed by atoms with Crippen molar-refractivity contribution in [2.75, 3.05) is 11.9 Å². The third kappa shape index (κ3) is 3.00. The number of nitrogens with zero attached hydrogens (tertiary/aromatic N) is 1. The zero-order valence-corrected chi connectivity index (χ0v) is 10.3. The Labute approximate surface area is 106 Å². The van der Waals surface area contributed by atoms with Gasteiger partial charge in [0.05, 0.1) is 17.7 Å². The van der Waals surface area contributed by atoms with Crippen LogP contribution in [0.4, 0.5) is 11.4 Å². The number of hydrogen-bond donors (Lipinski definition) is 1. The van der Waals surface area contributed by atoms with Crippen LogP contribution in [0.2, 0.25) is 0 Å². The van der Waals surface area contributed by atoms with Gasteiger partial charge in [0.15, 0.2) is 0 Å². The molecule has 1 unspecified atom stereocenters. The highest BCUT2D eigenvalue weighted by Gasteiger charge is 2.16. The Kier molecular flexibility index (Phi) is 3.82. The fraction of sp³-hybridized carbons (Fsp3) is 0.385. The van der Waals surface area contributed by atoms with Crippen LogP contribution in [0, 0.1) is 17.0 Å². The van der Waals surface area contributed by atoms with E-state index in [0.29, 0.717) is 12.2 Å². The zero-order valence-electron chi connectivity index (χ0n) is 10.3. The van der Waals surface area contributed by atoms with Gasteiger partial charge in [-0.1, -0.05) is 6.07 Å². The Bertz CT molecular complexity index is 471. The lowest BCUT2D eigenvalue weighted by Crippen LogP contribution is -2.23. The van der Waals surface area contributed by atoms with Gasteiger partial charge in [-0.15, -0.1) is 0 Å². The Morgan fingerprint density at radius 3 is 3.06 bits per heavy atom. The van der Waals surface area contributed by atoms with Gasteiger partial charge in [0.2, 0.25) is 0 Å². The summed E-state index contributed by atoms with van der Waals surface area (Å²) in [5, 5.41) is 14.0. The molecule has 0 saturated heterocycles. The van der Waals surface area contributed by atoms with Gasteiger partial charge in [0.1, 0.15) is 11.8 Å². The number of aryl methyl sites for hydroxylation is 1. The lowest BCUT2D eigenvalue weighted by atomic mass is 10.1. The van der Waals surface area contributed by atoms with E-state index in [0.717, 1.165) is 18.4 Å². The maximum atomic E-state index is 10.9. The van der Waals surface area contributed by atoms with E-state index in [1.54, 1.807) is 18.4 Å². The first kappa shape index (κ1) is 12.4. The van der Waals surface area contributed by atoms with Crippen molar-refractivity contribution < 1.29 is 9.66 Å². The number of rotatable bonds is 4. The number of anilines is 1. The van der Waals surface area contributed by atoms with Crippen molar-refractivity contribution in [3.63, 3.8) is 0 Å². The molecule has 1 aliphatic rings. The minimum absolute atomic E-state index is 0.0795. The van der Waals surface area contributed by atoms with Crippen molar-refractivity contribution in [1.82, 2.24) is 0 Å². The van der Waals surface area contributed by atoms with E-state index in [9.17, 15) is 10.1 Å². The summed E-state index contributed by atoms with van der Waals surface area (Å²) in [5.41, 5.74) is 1.54. The zero-order chi connectivity index (χ0) is 13.0. The number of nitrogens with one attached hydrogen (secondary N) is 1. The van der Waals surface area contributed by atoms with Gasteiger partial charge in [-0.2, -0.15) is 0 Å². The number of nitro benzene ring substituents is 1. The summed E-state index contributed by atoms with van der Waals surface area (Å²) in [6.07, 6.45) is 5.67. The summed E-state index contributed by atoms with van der Waals surface area (Å²) in [5.74, 6) is 0. The summed E-state index contributed by atoms with van der Waals surface area (Å²) in [6, 6.07) is 5.17. The fourth-order valence-electron chi connectivity index (χ4n) is 1.90. The molecule has 0 radical (unpaired) electrons. The molecule has 0 fully saturated rings. The fourth-order valence-corrected chi connectivity index (χ4v) is 1.90. The van der Waals surface area contributed by atoms with Crippen LogP contribution in [-0.4, -0.2) is 17.6 Å². The molecule has 0 bridgehead atoms. The minimum Gasteiger partial charge on any atom is -0.497 e. The van der Waals surface area contributed by atoms with E-state index in [-0.39, 0.29) is 16.7 Å². The summed E-state index contributed by atoms with van der Waals surface area (Å²) in [7, 11) is 0. The average molecular weight is 248 g/mol. The molecule has 0 spiro atoms. The molecule has 1 atom stereocenters. The van der Waals surface area contributed by atoms with Crippen LogP contribution in [0.3, 0.4) is 0 Å². The van der Waals surface area contributed by atoms with Gasteiger partial charge < -0.3 is 10.1 Å². The summed E-state index contributed by atoms with van der Waals surface area (Å²) >= 11 is 0. The molecular weight excluding hydrogens is 232 g/mol. The monoisotopic (exact) mass is 248 g/mol. The van der Waals surface area contributed by atoms with E-state index in [4.69, 9.17) is 4.74 Å². The Morgan fingerprint density at radius 1 is 1.56 bits per heavy atom. The van der Waals surface area contributed by atoms with Crippen molar-refractivity contribution in [2.45, 2.75) is 25.9 Å². The maximum Gasteiger partial charge on any atom is 0.292 e. The van der Waals surface area contributed by atoms with Crippen molar-refractivity contribution in [3.8, 4) is 0 Å². The number of nitro groups is 1. The molecule has 18 heavy (non-hydrogen) atoms. The van der Waals surface area contributed by atoms with Crippen molar-refractivity contribution >= 4 is 11.4 Å². The Morgan fingerprint density at radius 2 is 2.39 bits per heavy atom. The molecule has 1 aliphatic heterocycles. The first-order valence-corrected chi connectivity index (χ1v) is 5.96. The van der Waals surface area contributed by atoms with Gasteiger partial charge in [0.25, 0.3) is 5.69 Å². The maximum absolute atomic E-state index is 10.9. The molecule has 1 heterocycles. The second kappa shape index (κ2) is 5.53. The number of benzene rings is 1. The van der Waals surface area contributed by atoms with Gasteiger partial charge in [-0.05, 0) is 37.5 Å². The molecule has 0 amide bonds. The van der Waals surface area contributed by atoms with E-state index in [1.165, 1.54) is 0 Å². The molecule has 0 aromatic heterocycles. The predicted molar refractivity (Wildman–Crippen MR) is 69.6 cm³/mol. The number of allylic oxidation sites excluding steroid dienone is 1. The molecule has 5 heteroatoms. The summed E-state index contributed by atoms with van der Waals surface area (Å²) in [4.78, 5) is 10.6. The molecular formula is C13H16N2O3. The van der Waals surface area contributed by atoms with E-state index >= 15 is 0 Å². The van der Waals surface area contributed by atoms with Crippen LogP contribution >= 0.6 is 0 Å². The summed E-state index contributed by atoms with van der Waals surface area (Å²) < 4.78 is 5.41. The normalized spacial score (nSPS) is 18.2. The lowest BCUT2D eigenvalue weighted by molar-refractivity contribution is -0.384. The third-order valence-corrected chi connectivity index (χ3v) is 2.89. The van der Waals surface area contributed by atoms with E-state index < -0.39 is 0 Å². The van der Waals surface area contributed by atoms with Crippen LogP contribution in [0.5, 0.6) is 0 Å². The van der Waals surface area contributed by atoms with Crippen molar-refractivity contribution in [3.05, 3.63) is 46.2 Å². The first-order chi connectivity index (χ1) is 8.66. The van der Waals surface area contributed by atoms with Crippen LogP contribution in [-0.2, 0) is 4.74 Å². The molecule has 1 aromatic carbocycles. The summed E-state index contributed by atoms with van der Waals surface area (Å²) in [6.45, 7) is 2.42. The van der Waals surface area contributed by atoms with Gasteiger partial charge in [0, 0.05) is 6.07 Å². The number of hydrogen-bond acceptors (Lipinski definition) is 4. The first-order valence-electron chi connectivity index (χ1n) is 5.96. The molecule has 5 nitrogen and oxygen atoms in total. The Balaban J connectivity index is 2.04. The van der Waals surface area contributed by atoms with Crippen molar-refractivity contribution in [2.24, 2.45) is 0 Å². The molecule has 0 aliphatic carbocycles. The van der Waals surface area contributed by atoms with Crippen LogP contribution in [0.25, 0.3) is 0 Å². The van der Waals surface area contributed by atoms with Gasteiger partial charge >= 0.3 is 0 Å². The average Bonchev–Trinajstić information content (AvgIpc) is 2.38. The SMILES string of the molecule is Cc1ccc(NCC2CCC=CO2)c([N+](=O)[O-])c1. The predicted octanol–water partition coefficient (Wildman–Crippen LogP) is 3.01. The standard InChI is InChI=1S/C13H16N2O3/c1-10-5-6-12(13(8-10)15(16)17)14-9-11-4-2-3-7-18-11/h3,5-8,11,14H,2,4,9H2,1H3. The quantitative estimate of drug-likeness (QED) is 0.657. The van der Waals surface area contributed by atoms with Crippen LogP contribution in [0.1, 0.15) is 18.4 Å². The number of ether oxygens (including phenoxy) is 1. The molecule has 2 rings (SSSR count). The van der Waals surface area contributed by atoms with Crippen molar-refractivity contribution in [1.29, 1.82) is 0 Å². The molecule has 96 valence electrons. The molecule has 1 N–H and O–H groups in total. The smallest absolute Gasteiger partial charge is 0.292 e. The third-order valence-electron chi connectivity index (χ3n) is 2.89. The largest absolute Gasteiger partial charge is 0.497 e. The second-order valence-corrected chi connectivity index (χ2v) is 4.37. The van der Waals surface area contributed by atoms with Gasteiger partial charge in [-0.25, -0.2) is 0 Å². The topological polar surface area (TPSA) is 64.4 Å². The second-order valence-electron chi connectivity index (χ2n) is 4.37. The van der Waals surface area contributed by atoms with Crippen LogP contribution in [0.15, 0.2) is 30.5 Å². The molecule has 1 aromatic rings.